The summed E-state index contributed by atoms with van der Waals surface area (Å²) in [4.78, 5) is 4.38. The molecule has 3 rings (SSSR count). The highest BCUT2D eigenvalue weighted by Crippen LogP contribution is 2.36. The zero-order valence-electron chi connectivity index (χ0n) is 15.2. The molecule has 0 heterocycles. The molecule has 0 saturated heterocycles. The molecule has 1 atom stereocenters. The van der Waals surface area contributed by atoms with Crippen LogP contribution >= 0.6 is 23.2 Å². The number of nitrogens with zero attached hydrogens (tertiary/aromatic N) is 2. The molecular weight excluding hydrogens is 391 g/mol. The number of rotatable bonds is 5. The van der Waals surface area contributed by atoms with Crippen molar-refractivity contribution in [3.63, 3.8) is 0 Å². The van der Waals surface area contributed by atoms with Gasteiger partial charge in [-0.15, -0.1) is 0 Å². The number of halogens is 2. The molecule has 3 aromatic carbocycles. The van der Waals surface area contributed by atoms with Gasteiger partial charge < -0.3 is 5.11 Å². The highest BCUT2D eigenvalue weighted by molar-refractivity contribution is 6.36. The van der Waals surface area contributed by atoms with E-state index < -0.39 is 5.41 Å². The van der Waals surface area contributed by atoms with Crippen molar-refractivity contribution in [2.75, 3.05) is 0 Å². The van der Waals surface area contributed by atoms with E-state index in [0.29, 0.717) is 22.7 Å². The Morgan fingerprint density at radius 2 is 1.68 bits per heavy atom. The summed E-state index contributed by atoms with van der Waals surface area (Å²) in [5, 5.41) is 20.6. The van der Waals surface area contributed by atoms with Crippen molar-refractivity contribution < 1.29 is 5.11 Å². The van der Waals surface area contributed by atoms with E-state index in [1.807, 2.05) is 61.5 Å². The summed E-state index contributed by atoms with van der Waals surface area (Å²) in [6.07, 6.45) is 2.17. The number of phenolic OH excluding ortho intramolecular Hbond substituents is 1. The van der Waals surface area contributed by atoms with Crippen LogP contribution in [0.15, 0.2) is 71.7 Å². The number of nitriles is 1. The van der Waals surface area contributed by atoms with Gasteiger partial charge in [0.2, 0.25) is 0 Å². The van der Waals surface area contributed by atoms with E-state index in [1.54, 1.807) is 6.07 Å². The molecule has 0 bridgehead atoms. The standard InChI is InChI=1S/C23H18Cl2N2O/c1-2-23(15-26,17-6-4-3-5-7-17)18-8-10-20(11-9-18)27-14-16-12-19(24)13-21(25)22(16)28/h3-14,28H,2H2,1H3/t23-/m1/s1. The van der Waals surface area contributed by atoms with Gasteiger partial charge in [-0.1, -0.05) is 72.6 Å². The van der Waals surface area contributed by atoms with Gasteiger partial charge in [0.15, 0.2) is 0 Å². The predicted molar refractivity (Wildman–Crippen MR) is 115 cm³/mol. The summed E-state index contributed by atoms with van der Waals surface area (Å²) in [6.45, 7) is 2.01. The van der Waals surface area contributed by atoms with Gasteiger partial charge in [0.1, 0.15) is 11.2 Å². The molecule has 0 aromatic heterocycles. The number of hydrogen-bond donors (Lipinski definition) is 1. The van der Waals surface area contributed by atoms with E-state index in [1.165, 1.54) is 12.3 Å². The SMILES string of the molecule is CC[C@@](C#N)(c1ccccc1)c1ccc(N=Cc2cc(Cl)cc(Cl)c2O)cc1. The average Bonchev–Trinajstić information content (AvgIpc) is 2.72. The Morgan fingerprint density at radius 3 is 2.29 bits per heavy atom. The molecule has 140 valence electrons. The van der Waals surface area contributed by atoms with E-state index in [9.17, 15) is 10.4 Å². The lowest BCUT2D eigenvalue weighted by molar-refractivity contribution is 0.475. The van der Waals surface area contributed by atoms with Crippen molar-refractivity contribution in [1.29, 1.82) is 5.26 Å². The van der Waals surface area contributed by atoms with E-state index in [2.05, 4.69) is 11.1 Å². The third kappa shape index (κ3) is 3.89. The first-order chi connectivity index (χ1) is 13.5. The van der Waals surface area contributed by atoms with Crippen molar-refractivity contribution >= 4 is 35.1 Å². The van der Waals surface area contributed by atoms with Gasteiger partial charge in [-0.2, -0.15) is 5.26 Å². The zero-order chi connectivity index (χ0) is 20.1. The van der Waals surface area contributed by atoms with E-state index in [4.69, 9.17) is 23.2 Å². The van der Waals surface area contributed by atoms with Gasteiger partial charge in [-0.25, -0.2) is 0 Å². The number of benzene rings is 3. The molecule has 0 fully saturated rings. The summed E-state index contributed by atoms with van der Waals surface area (Å²) >= 11 is 11.9. The summed E-state index contributed by atoms with van der Waals surface area (Å²) in [5.74, 6) is -0.0648. The lowest BCUT2D eigenvalue weighted by Crippen LogP contribution is -2.24. The molecule has 28 heavy (non-hydrogen) atoms. The maximum Gasteiger partial charge on any atom is 0.143 e. The second-order valence-electron chi connectivity index (χ2n) is 6.37. The molecule has 0 saturated carbocycles. The van der Waals surface area contributed by atoms with Gasteiger partial charge in [0.05, 0.1) is 16.8 Å². The first kappa shape index (κ1) is 19.9. The Hall–Kier alpha value is -2.80. The van der Waals surface area contributed by atoms with Gasteiger partial charge in [0, 0.05) is 16.8 Å². The van der Waals surface area contributed by atoms with Crippen LogP contribution in [0, 0.1) is 11.3 Å². The number of aromatic hydroxyl groups is 1. The number of phenols is 1. The molecule has 0 aliphatic heterocycles. The monoisotopic (exact) mass is 408 g/mol. The summed E-state index contributed by atoms with van der Waals surface area (Å²) < 4.78 is 0. The third-order valence-electron chi connectivity index (χ3n) is 4.76. The minimum atomic E-state index is -0.706. The molecule has 3 aromatic rings. The first-order valence-corrected chi connectivity index (χ1v) is 9.55. The highest BCUT2D eigenvalue weighted by Gasteiger charge is 2.32. The van der Waals surface area contributed by atoms with Gasteiger partial charge >= 0.3 is 0 Å². The van der Waals surface area contributed by atoms with Crippen LogP contribution in [-0.4, -0.2) is 11.3 Å². The van der Waals surface area contributed by atoms with Crippen LogP contribution in [0.25, 0.3) is 0 Å². The fourth-order valence-electron chi connectivity index (χ4n) is 3.17. The summed E-state index contributed by atoms with van der Waals surface area (Å²) in [6, 6.07) is 22.9. The topological polar surface area (TPSA) is 56.4 Å². The average molecular weight is 409 g/mol. The van der Waals surface area contributed by atoms with E-state index >= 15 is 0 Å². The van der Waals surface area contributed by atoms with Crippen LogP contribution in [0.4, 0.5) is 5.69 Å². The van der Waals surface area contributed by atoms with Crippen molar-refractivity contribution in [2.45, 2.75) is 18.8 Å². The largest absolute Gasteiger partial charge is 0.506 e. The third-order valence-corrected chi connectivity index (χ3v) is 5.26. The van der Waals surface area contributed by atoms with Gasteiger partial charge in [-0.3, -0.25) is 4.99 Å². The summed E-state index contributed by atoms with van der Waals surface area (Å²) in [5.41, 5.74) is 2.30. The van der Waals surface area contributed by atoms with Crippen molar-refractivity contribution in [2.24, 2.45) is 4.99 Å². The van der Waals surface area contributed by atoms with Crippen LogP contribution < -0.4 is 0 Å². The zero-order valence-corrected chi connectivity index (χ0v) is 16.7. The van der Waals surface area contributed by atoms with Crippen LogP contribution in [0.1, 0.15) is 30.0 Å². The Bertz CT molecular complexity index is 1040. The molecule has 3 nitrogen and oxygen atoms in total. The van der Waals surface area contributed by atoms with Crippen LogP contribution in [-0.2, 0) is 5.41 Å². The molecule has 0 radical (unpaired) electrons. The quantitative estimate of drug-likeness (QED) is 0.479. The lowest BCUT2D eigenvalue weighted by Gasteiger charge is -2.26. The minimum absolute atomic E-state index is 0.0648. The Kier molecular flexibility index (Phi) is 6.04. The number of aliphatic imine (C=N–C) groups is 1. The molecule has 0 aliphatic carbocycles. The normalized spacial score (nSPS) is 13.2. The van der Waals surface area contributed by atoms with E-state index in [0.717, 1.165) is 11.1 Å². The van der Waals surface area contributed by atoms with Crippen molar-refractivity contribution in [1.82, 2.24) is 0 Å². The molecular formula is C23H18Cl2N2O. The van der Waals surface area contributed by atoms with Crippen molar-refractivity contribution in [3.8, 4) is 11.8 Å². The first-order valence-electron chi connectivity index (χ1n) is 8.79. The highest BCUT2D eigenvalue weighted by atomic mass is 35.5. The van der Waals surface area contributed by atoms with Crippen molar-refractivity contribution in [3.05, 3.63) is 93.5 Å². The molecule has 0 spiro atoms. The van der Waals surface area contributed by atoms with Crippen LogP contribution in [0.2, 0.25) is 10.0 Å². The minimum Gasteiger partial charge on any atom is -0.506 e. The van der Waals surface area contributed by atoms with E-state index in [-0.39, 0.29) is 10.8 Å². The molecule has 5 heteroatoms. The predicted octanol–water partition coefficient (Wildman–Crippen LogP) is 6.67. The molecule has 0 aliphatic rings. The van der Waals surface area contributed by atoms with Crippen LogP contribution in [0.3, 0.4) is 0 Å². The molecule has 0 amide bonds. The number of hydrogen-bond acceptors (Lipinski definition) is 3. The van der Waals surface area contributed by atoms with Gasteiger partial charge in [-0.05, 0) is 41.8 Å². The molecule has 1 N–H and O–H groups in total. The fourth-order valence-corrected chi connectivity index (χ4v) is 3.68. The van der Waals surface area contributed by atoms with Crippen LogP contribution in [0.5, 0.6) is 5.75 Å². The summed E-state index contributed by atoms with van der Waals surface area (Å²) in [7, 11) is 0. The Labute approximate surface area is 174 Å². The smallest absolute Gasteiger partial charge is 0.143 e. The maximum atomic E-state index is 10.0. The van der Waals surface area contributed by atoms with Gasteiger partial charge in [0.25, 0.3) is 0 Å². The second kappa shape index (κ2) is 8.48. The maximum absolute atomic E-state index is 10.0. The second-order valence-corrected chi connectivity index (χ2v) is 7.21. The molecule has 0 unspecified atom stereocenters. The fraction of sp³-hybridized carbons (Fsp3) is 0.130. The lowest BCUT2D eigenvalue weighted by atomic mass is 9.74. The Morgan fingerprint density at radius 1 is 1.04 bits per heavy atom. The Balaban J connectivity index is 1.92.